The van der Waals surface area contributed by atoms with E-state index in [4.69, 9.17) is 0 Å². The fourth-order valence-corrected chi connectivity index (χ4v) is 3.63. The molecule has 1 aliphatic heterocycles. The van der Waals surface area contributed by atoms with Crippen molar-refractivity contribution in [3.8, 4) is 0 Å². The average Bonchev–Trinajstić information content (AvgIpc) is 3.11. The molecule has 1 N–H and O–H groups in total. The summed E-state index contributed by atoms with van der Waals surface area (Å²) in [6.07, 6.45) is 3.81. The quantitative estimate of drug-likeness (QED) is 0.913. The van der Waals surface area contributed by atoms with E-state index in [9.17, 15) is 4.79 Å². The smallest absolute Gasteiger partial charge is 0.317 e. The highest BCUT2D eigenvalue weighted by atomic mass is 32.1. The minimum atomic E-state index is -0.0409. The molecule has 0 radical (unpaired) electrons. The molecule has 94 valence electrons. The summed E-state index contributed by atoms with van der Waals surface area (Å²) in [7, 11) is 0. The monoisotopic (exact) mass is 279 g/mol. The number of thiazole rings is 1. The highest BCUT2D eigenvalue weighted by Gasteiger charge is 2.30. The Hall–Kier alpha value is -1.40. The zero-order chi connectivity index (χ0) is 12.4. The maximum Gasteiger partial charge on any atom is 0.324 e. The SMILES string of the molecule is O=C(Nc1nccs1)N1CCCC1c1cccs1. The van der Waals surface area contributed by atoms with Crippen LogP contribution in [0.3, 0.4) is 0 Å². The van der Waals surface area contributed by atoms with Crippen molar-refractivity contribution in [1.29, 1.82) is 0 Å². The predicted octanol–water partition coefficient (Wildman–Crippen LogP) is 3.57. The number of carbonyl (C=O) groups excluding carboxylic acids is 1. The van der Waals surface area contributed by atoms with Gasteiger partial charge >= 0.3 is 6.03 Å². The van der Waals surface area contributed by atoms with Crippen LogP contribution >= 0.6 is 22.7 Å². The van der Waals surface area contributed by atoms with Gasteiger partial charge in [0.2, 0.25) is 0 Å². The first-order chi connectivity index (χ1) is 8.84. The van der Waals surface area contributed by atoms with Crippen molar-refractivity contribution < 1.29 is 4.79 Å². The highest BCUT2D eigenvalue weighted by Crippen LogP contribution is 2.34. The summed E-state index contributed by atoms with van der Waals surface area (Å²) >= 11 is 3.16. The second-order valence-corrected chi connectivity index (χ2v) is 6.01. The molecular weight excluding hydrogens is 266 g/mol. The Morgan fingerprint density at radius 1 is 1.44 bits per heavy atom. The van der Waals surface area contributed by atoms with Crippen molar-refractivity contribution in [1.82, 2.24) is 9.88 Å². The molecule has 0 aliphatic carbocycles. The zero-order valence-electron chi connectivity index (χ0n) is 9.70. The van der Waals surface area contributed by atoms with Gasteiger partial charge in [0.15, 0.2) is 5.13 Å². The van der Waals surface area contributed by atoms with Crippen LogP contribution in [-0.4, -0.2) is 22.5 Å². The van der Waals surface area contributed by atoms with Gasteiger partial charge in [-0.15, -0.1) is 22.7 Å². The van der Waals surface area contributed by atoms with Gasteiger partial charge in [-0.1, -0.05) is 6.07 Å². The van der Waals surface area contributed by atoms with Crippen molar-refractivity contribution in [3.63, 3.8) is 0 Å². The molecule has 3 rings (SSSR count). The lowest BCUT2D eigenvalue weighted by Crippen LogP contribution is -2.34. The van der Waals surface area contributed by atoms with Crippen molar-refractivity contribution >= 4 is 33.8 Å². The third-order valence-corrected chi connectivity index (χ3v) is 4.69. The second kappa shape index (κ2) is 5.07. The number of urea groups is 1. The summed E-state index contributed by atoms with van der Waals surface area (Å²) in [5, 5.41) is 7.44. The molecule has 1 aliphatic rings. The lowest BCUT2D eigenvalue weighted by Gasteiger charge is -2.23. The number of carbonyl (C=O) groups is 1. The van der Waals surface area contributed by atoms with Crippen LogP contribution in [0.5, 0.6) is 0 Å². The fourth-order valence-electron chi connectivity index (χ4n) is 2.23. The van der Waals surface area contributed by atoms with Gasteiger partial charge in [-0.05, 0) is 24.3 Å². The summed E-state index contributed by atoms with van der Waals surface area (Å²) in [5.74, 6) is 0. The predicted molar refractivity (Wildman–Crippen MR) is 74.1 cm³/mol. The number of nitrogens with one attached hydrogen (secondary N) is 1. The molecule has 4 nitrogen and oxygen atoms in total. The molecule has 6 heteroatoms. The van der Waals surface area contributed by atoms with Crippen molar-refractivity contribution in [3.05, 3.63) is 34.0 Å². The number of amides is 2. The molecule has 0 bridgehead atoms. The fraction of sp³-hybridized carbons (Fsp3) is 0.333. The summed E-state index contributed by atoms with van der Waals surface area (Å²) in [4.78, 5) is 19.5. The molecule has 2 amide bonds. The second-order valence-electron chi connectivity index (χ2n) is 4.13. The largest absolute Gasteiger partial charge is 0.324 e. The van der Waals surface area contributed by atoms with Crippen molar-refractivity contribution in [2.75, 3.05) is 11.9 Å². The Balaban J connectivity index is 1.73. The van der Waals surface area contributed by atoms with Crippen LogP contribution in [0.25, 0.3) is 0 Å². The van der Waals surface area contributed by atoms with Crippen molar-refractivity contribution in [2.24, 2.45) is 0 Å². The number of nitrogens with zero attached hydrogens (tertiary/aromatic N) is 2. The van der Waals surface area contributed by atoms with Crippen molar-refractivity contribution in [2.45, 2.75) is 18.9 Å². The maximum absolute atomic E-state index is 12.2. The third-order valence-electron chi connectivity index (χ3n) is 3.03. The molecule has 18 heavy (non-hydrogen) atoms. The number of rotatable bonds is 2. The van der Waals surface area contributed by atoms with Gasteiger partial charge in [-0.2, -0.15) is 0 Å². The molecule has 1 unspecified atom stereocenters. The van der Waals surface area contributed by atoms with E-state index in [0.29, 0.717) is 5.13 Å². The van der Waals surface area contributed by atoms with Gasteiger partial charge in [0.1, 0.15) is 0 Å². The van der Waals surface area contributed by atoms with Gasteiger partial charge in [-0.25, -0.2) is 9.78 Å². The Kier molecular flexibility index (Phi) is 3.29. The van der Waals surface area contributed by atoms with E-state index in [2.05, 4.69) is 21.7 Å². The Bertz CT molecular complexity index is 509. The van der Waals surface area contributed by atoms with E-state index in [1.54, 1.807) is 17.5 Å². The molecule has 0 spiro atoms. The molecular formula is C12H13N3OS2. The van der Waals surface area contributed by atoms with E-state index in [1.807, 2.05) is 16.3 Å². The molecule has 2 aromatic heterocycles. The first-order valence-corrected chi connectivity index (χ1v) is 7.61. The molecule has 0 saturated carbocycles. The van der Waals surface area contributed by atoms with E-state index >= 15 is 0 Å². The first-order valence-electron chi connectivity index (χ1n) is 5.85. The minimum Gasteiger partial charge on any atom is -0.317 e. The van der Waals surface area contributed by atoms with Crippen LogP contribution in [0.4, 0.5) is 9.93 Å². The van der Waals surface area contributed by atoms with Gasteiger partial charge < -0.3 is 4.90 Å². The number of aromatic nitrogens is 1. The minimum absolute atomic E-state index is 0.0409. The average molecular weight is 279 g/mol. The lowest BCUT2D eigenvalue weighted by atomic mass is 10.2. The van der Waals surface area contributed by atoms with Gasteiger partial charge in [-0.3, -0.25) is 5.32 Å². The molecule has 2 aromatic rings. The number of anilines is 1. The van der Waals surface area contributed by atoms with Gasteiger partial charge in [0.25, 0.3) is 0 Å². The van der Waals surface area contributed by atoms with Crippen LogP contribution in [0, 0.1) is 0 Å². The normalized spacial score (nSPS) is 19.1. The summed E-state index contributed by atoms with van der Waals surface area (Å²) in [5.41, 5.74) is 0. The summed E-state index contributed by atoms with van der Waals surface area (Å²) in [6.45, 7) is 0.819. The van der Waals surface area contributed by atoms with Crippen LogP contribution in [0.1, 0.15) is 23.8 Å². The molecule has 1 saturated heterocycles. The Morgan fingerprint density at radius 3 is 3.11 bits per heavy atom. The van der Waals surface area contributed by atoms with Gasteiger partial charge in [0, 0.05) is 23.0 Å². The molecule has 0 aromatic carbocycles. The first kappa shape index (κ1) is 11.7. The number of hydrogen-bond donors (Lipinski definition) is 1. The van der Waals surface area contributed by atoms with Crippen LogP contribution in [0.15, 0.2) is 29.1 Å². The lowest BCUT2D eigenvalue weighted by molar-refractivity contribution is 0.208. The zero-order valence-corrected chi connectivity index (χ0v) is 11.3. The topological polar surface area (TPSA) is 45.2 Å². The Morgan fingerprint density at radius 2 is 2.39 bits per heavy atom. The molecule has 3 heterocycles. The van der Waals surface area contributed by atoms with Crippen LogP contribution in [0.2, 0.25) is 0 Å². The van der Waals surface area contributed by atoms with E-state index in [0.717, 1.165) is 19.4 Å². The van der Waals surface area contributed by atoms with Crippen LogP contribution in [-0.2, 0) is 0 Å². The van der Waals surface area contributed by atoms with E-state index in [1.165, 1.54) is 16.2 Å². The maximum atomic E-state index is 12.2. The van der Waals surface area contributed by atoms with Crippen LogP contribution < -0.4 is 5.32 Å². The standard InChI is InChI=1S/C12H13N3OS2/c16-12(14-11-13-5-8-18-11)15-6-1-3-9(15)10-4-2-7-17-10/h2,4-5,7-9H,1,3,6H2,(H,13,14,16). The highest BCUT2D eigenvalue weighted by molar-refractivity contribution is 7.13. The molecule has 1 fully saturated rings. The summed E-state index contributed by atoms with van der Waals surface area (Å²) < 4.78 is 0. The van der Waals surface area contributed by atoms with E-state index in [-0.39, 0.29) is 12.1 Å². The van der Waals surface area contributed by atoms with Gasteiger partial charge in [0.05, 0.1) is 6.04 Å². The number of likely N-dealkylation sites (tertiary alicyclic amines) is 1. The number of thiophene rings is 1. The molecule has 1 atom stereocenters. The Labute approximate surface area is 113 Å². The van der Waals surface area contributed by atoms with E-state index < -0.39 is 0 Å². The number of hydrogen-bond acceptors (Lipinski definition) is 4. The third kappa shape index (κ3) is 2.26. The summed E-state index contributed by atoms with van der Waals surface area (Å²) in [6, 6.07) is 4.32.